The minimum atomic E-state index is 0.489. The Morgan fingerprint density at radius 3 is 2.67 bits per heavy atom. The maximum absolute atomic E-state index is 5.52. The van der Waals surface area contributed by atoms with Crippen LogP contribution < -0.4 is 5.32 Å². The van der Waals surface area contributed by atoms with E-state index in [1.54, 1.807) is 0 Å². The van der Waals surface area contributed by atoms with E-state index >= 15 is 0 Å². The van der Waals surface area contributed by atoms with Crippen molar-refractivity contribution in [2.45, 2.75) is 52.6 Å². The average molecular weight is 283 g/mol. The number of fused-ring (bicyclic) bond motifs is 1. The molecule has 2 rings (SSSR count). The van der Waals surface area contributed by atoms with Gasteiger partial charge in [-0.3, -0.25) is 0 Å². The van der Waals surface area contributed by atoms with Crippen molar-refractivity contribution in [1.29, 1.82) is 0 Å². The Morgan fingerprint density at radius 2 is 2.05 bits per heavy atom. The SMILES string of the molecule is C#CCn1c(CCNC(C)C)nc2cc(C(C)C)ccc21. The molecule has 0 radical (unpaired) electrons. The van der Waals surface area contributed by atoms with Crippen molar-refractivity contribution in [2.75, 3.05) is 6.54 Å². The first-order valence-corrected chi connectivity index (χ1v) is 7.68. The number of nitrogens with one attached hydrogen (secondary N) is 1. The molecule has 0 aliphatic rings. The highest BCUT2D eigenvalue weighted by Gasteiger charge is 2.11. The van der Waals surface area contributed by atoms with Crippen LogP contribution in [-0.4, -0.2) is 22.1 Å². The molecule has 1 aromatic heterocycles. The number of aromatic nitrogens is 2. The van der Waals surface area contributed by atoms with E-state index < -0.39 is 0 Å². The third-order valence-corrected chi connectivity index (χ3v) is 3.67. The molecular weight excluding hydrogens is 258 g/mol. The summed E-state index contributed by atoms with van der Waals surface area (Å²) >= 11 is 0. The summed E-state index contributed by atoms with van der Waals surface area (Å²) in [4.78, 5) is 4.80. The highest BCUT2D eigenvalue weighted by atomic mass is 15.1. The van der Waals surface area contributed by atoms with Gasteiger partial charge >= 0.3 is 0 Å². The molecule has 112 valence electrons. The van der Waals surface area contributed by atoms with Crippen LogP contribution in [0, 0.1) is 12.3 Å². The second-order valence-electron chi connectivity index (χ2n) is 6.08. The molecule has 21 heavy (non-hydrogen) atoms. The molecule has 0 aliphatic heterocycles. The number of nitrogens with zero attached hydrogens (tertiary/aromatic N) is 2. The minimum absolute atomic E-state index is 0.489. The summed E-state index contributed by atoms with van der Waals surface area (Å²) in [6, 6.07) is 7.00. The van der Waals surface area contributed by atoms with Crippen LogP contribution in [0.15, 0.2) is 18.2 Å². The third-order valence-electron chi connectivity index (χ3n) is 3.67. The average Bonchev–Trinajstić information content (AvgIpc) is 2.76. The lowest BCUT2D eigenvalue weighted by molar-refractivity contribution is 0.576. The van der Waals surface area contributed by atoms with E-state index in [1.807, 2.05) is 0 Å². The molecule has 3 nitrogen and oxygen atoms in total. The van der Waals surface area contributed by atoms with Crippen molar-refractivity contribution in [3.63, 3.8) is 0 Å². The first kappa shape index (κ1) is 15.6. The molecule has 0 spiro atoms. The van der Waals surface area contributed by atoms with Crippen LogP contribution in [0.4, 0.5) is 0 Å². The monoisotopic (exact) mass is 283 g/mol. The lowest BCUT2D eigenvalue weighted by atomic mass is 10.0. The van der Waals surface area contributed by atoms with Crippen molar-refractivity contribution in [3.05, 3.63) is 29.6 Å². The van der Waals surface area contributed by atoms with Crippen LogP contribution in [0.3, 0.4) is 0 Å². The lowest BCUT2D eigenvalue weighted by Gasteiger charge is -2.09. The summed E-state index contributed by atoms with van der Waals surface area (Å²) in [6.45, 7) is 10.2. The van der Waals surface area contributed by atoms with Gasteiger partial charge in [0.15, 0.2) is 0 Å². The topological polar surface area (TPSA) is 29.9 Å². The normalized spacial score (nSPS) is 11.5. The highest BCUT2D eigenvalue weighted by Crippen LogP contribution is 2.22. The number of terminal acetylenes is 1. The Labute approximate surface area is 127 Å². The fraction of sp³-hybridized carbons (Fsp3) is 0.500. The van der Waals surface area contributed by atoms with Gasteiger partial charge in [0.2, 0.25) is 0 Å². The maximum Gasteiger partial charge on any atom is 0.111 e. The van der Waals surface area contributed by atoms with Crippen LogP contribution in [-0.2, 0) is 13.0 Å². The van der Waals surface area contributed by atoms with Crippen LogP contribution in [0.1, 0.15) is 45.0 Å². The molecule has 0 bridgehead atoms. The van der Waals surface area contributed by atoms with Crippen LogP contribution in [0.25, 0.3) is 11.0 Å². The van der Waals surface area contributed by atoms with Crippen molar-refractivity contribution in [3.8, 4) is 12.3 Å². The molecule has 0 aliphatic carbocycles. The van der Waals surface area contributed by atoms with Gasteiger partial charge in [-0.25, -0.2) is 4.98 Å². The zero-order valence-corrected chi connectivity index (χ0v) is 13.5. The summed E-state index contributed by atoms with van der Waals surface area (Å²) in [5.41, 5.74) is 3.51. The van der Waals surface area contributed by atoms with Gasteiger partial charge in [0, 0.05) is 19.0 Å². The van der Waals surface area contributed by atoms with Gasteiger partial charge in [-0.15, -0.1) is 6.42 Å². The Kier molecular flexibility index (Phi) is 5.03. The predicted octanol–water partition coefficient (Wildman–Crippen LogP) is 3.33. The van der Waals surface area contributed by atoms with E-state index in [-0.39, 0.29) is 0 Å². The molecule has 2 aromatic rings. The van der Waals surface area contributed by atoms with E-state index in [4.69, 9.17) is 11.4 Å². The van der Waals surface area contributed by atoms with Crippen LogP contribution in [0.2, 0.25) is 0 Å². The molecule has 1 aromatic carbocycles. The highest BCUT2D eigenvalue weighted by molar-refractivity contribution is 5.77. The van der Waals surface area contributed by atoms with E-state index in [0.717, 1.165) is 29.8 Å². The molecular formula is C18H25N3. The molecule has 3 heteroatoms. The largest absolute Gasteiger partial charge is 0.316 e. The summed E-state index contributed by atoms with van der Waals surface area (Å²) < 4.78 is 2.15. The van der Waals surface area contributed by atoms with Gasteiger partial charge in [-0.1, -0.05) is 39.7 Å². The van der Waals surface area contributed by atoms with Crippen molar-refractivity contribution < 1.29 is 0 Å². The quantitative estimate of drug-likeness (QED) is 0.824. The molecule has 0 amide bonds. The number of hydrogen-bond acceptors (Lipinski definition) is 2. The van der Waals surface area contributed by atoms with Gasteiger partial charge < -0.3 is 9.88 Å². The van der Waals surface area contributed by atoms with Gasteiger partial charge in [0.25, 0.3) is 0 Å². The van der Waals surface area contributed by atoms with Crippen LogP contribution in [0.5, 0.6) is 0 Å². The van der Waals surface area contributed by atoms with Gasteiger partial charge in [0.05, 0.1) is 17.6 Å². The number of rotatable bonds is 6. The molecule has 0 saturated heterocycles. The molecule has 0 atom stereocenters. The van der Waals surface area contributed by atoms with Crippen molar-refractivity contribution in [2.24, 2.45) is 0 Å². The first-order chi connectivity index (χ1) is 10.0. The molecule has 1 heterocycles. The maximum atomic E-state index is 5.52. The predicted molar refractivity (Wildman–Crippen MR) is 89.5 cm³/mol. The Morgan fingerprint density at radius 1 is 1.29 bits per heavy atom. The molecule has 1 N–H and O–H groups in total. The van der Waals surface area contributed by atoms with E-state index in [2.05, 4.69) is 61.7 Å². The van der Waals surface area contributed by atoms with Crippen molar-refractivity contribution >= 4 is 11.0 Å². The molecule has 0 saturated carbocycles. The fourth-order valence-electron chi connectivity index (χ4n) is 2.49. The second kappa shape index (κ2) is 6.78. The van der Waals surface area contributed by atoms with Gasteiger partial charge in [-0.2, -0.15) is 0 Å². The Bertz CT molecular complexity index is 644. The molecule has 0 unspecified atom stereocenters. The smallest absolute Gasteiger partial charge is 0.111 e. The molecule has 0 fully saturated rings. The fourth-order valence-corrected chi connectivity index (χ4v) is 2.49. The van der Waals surface area contributed by atoms with Gasteiger partial charge in [-0.05, 0) is 23.6 Å². The van der Waals surface area contributed by atoms with Crippen molar-refractivity contribution in [1.82, 2.24) is 14.9 Å². The van der Waals surface area contributed by atoms with Gasteiger partial charge in [0.1, 0.15) is 5.82 Å². The summed E-state index contributed by atoms with van der Waals surface area (Å²) in [5.74, 6) is 4.32. The zero-order valence-electron chi connectivity index (χ0n) is 13.5. The second-order valence-corrected chi connectivity index (χ2v) is 6.08. The number of imidazole rings is 1. The summed E-state index contributed by atoms with van der Waals surface area (Å²) in [5, 5.41) is 3.43. The Balaban J connectivity index is 2.34. The van der Waals surface area contributed by atoms with E-state index in [1.165, 1.54) is 5.56 Å². The minimum Gasteiger partial charge on any atom is -0.316 e. The van der Waals surface area contributed by atoms with Crippen LogP contribution >= 0.6 is 0 Å². The zero-order chi connectivity index (χ0) is 15.4. The van der Waals surface area contributed by atoms with E-state index in [0.29, 0.717) is 18.5 Å². The first-order valence-electron chi connectivity index (χ1n) is 7.68. The summed E-state index contributed by atoms with van der Waals surface area (Å²) in [6.07, 6.45) is 6.41. The summed E-state index contributed by atoms with van der Waals surface area (Å²) in [7, 11) is 0. The standard InChI is InChI=1S/C18H25N3/c1-6-11-21-17-8-7-15(13(2)3)12-16(17)20-18(21)9-10-19-14(4)5/h1,7-8,12-14,19H,9-11H2,2-5H3. The van der Waals surface area contributed by atoms with E-state index in [9.17, 15) is 0 Å². The lowest BCUT2D eigenvalue weighted by Crippen LogP contribution is -2.25. The number of hydrogen-bond donors (Lipinski definition) is 1. The third kappa shape index (κ3) is 3.65. The Hall–Kier alpha value is -1.79. The number of benzene rings is 1.